The molecule has 1 amide bonds. The number of fused-ring (bicyclic) bond motifs is 1. The summed E-state index contributed by atoms with van der Waals surface area (Å²) < 4.78 is 23.6. The molecular weight excluding hydrogens is 276 g/mol. The van der Waals surface area contributed by atoms with Crippen LogP contribution in [-0.2, 0) is 14.6 Å². The monoisotopic (exact) mass is 296 g/mol. The minimum Gasteiger partial charge on any atom is -0.380 e. The van der Waals surface area contributed by atoms with Gasteiger partial charge in [-0.05, 0) is 17.5 Å². The SMILES string of the molecule is CC(C)(C)C1CC(=O)Nc2c(cccc2S(C)(=O)=O)N1. The molecule has 0 bridgehead atoms. The summed E-state index contributed by atoms with van der Waals surface area (Å²) in [4.78, 5) is 12.2. The van der Waals surface area contributed by atoms with Gasteiger partial charge >= 0.3 is 0 Å². The zero-order valence-electron chi connectivity index (χ0n) is 12.1. The van der Waals surface area contributed by atoms with Crippen molar-refractivity contribution in [2.45, 2.75) is 38.1 Å². The Morgan fingerprint density at radius 1 is 1.25 bits per heavy atom. The first-order valence-corrected chi connectivity index (χ1v) is 8.37. The molecule has 0 radical (unpaired) electrons. The molecule has 1 aromatic carbocycles. The van der Waals surface area contributed by atoms with Gasteiger partial charge in [0.25, 0.3) is 0 Å². The van der Waals surface area contributed by atoms with Crippen LogP contribution in [0.3, 0.4) is 0 Å². The average molecular weight is 296 g/mol. The Hall–Kier alpha value is -1.56. The molecule has 1 aliphatic rings. The van der Waals surface area contributed by atoms with E-state index in [4.69, 9.17) is 0 Å². The molecule has 110 valence electrons. The maximum atomic E-state index is 12.0. The van der Waals surface area contributed by atoms with Crippen LogP contribution >= 0.6 is 0 Å². The first-order valence-electron chi connectivity index (χ1n) is 6.48. The fourth-order valence-electron chi connectivity index (χ4n) is 2.23. The van der Waals surface area contributed by atoms with E-state index in [1.54, 1.807) is 12.1 Å². The molecule has 1 unspecified atom stereocenters. The van der Waals surface area contributed by atoms with Crippen molar-refractivity contribution >= 4 is 27.1 Å². The van der Waals surface area contributed by atoms with Gasteiger partial charge in [-0.1, -0.05) is 26.8 Å². The van der Waals surface area contributed by atoms with Crippen LogP contribution in [0.1, 0.15) is 27.2 Å². The topological polar surface area (TPSA) is 75.3 Å². The van der Waals surface area contributed by atoms with Crippen LogP contribution in [0.4, 0.5) is 11.4 Å². The molecule has 0 aromatic heterocycles. The Balaban J connectivity index is 2.56. The maximum absolute atomic E-state index is 12.0. The van der Waals surface area contributed by atoms with Gasteiger partial charge in [0.1, 0.15) is 0 Å². The van der Waals surface area contributed by atoms with Crippen molar-refractivity contribution in [3.8, 4) is 0 Å². The van der Waals surface area contributed by atoms with Gasteiger partial charge in [-0.15, -0.1) is 0 Å². The van der Waals surface area contributed by atoms with Crippen molar-refractivity contribution < 1.29 is 13.2 Å². The van der Waals surface area contributed by atoms with Crippen molar-refractivity contribution in [3.05, 3.63) is 18.2 Å². The van der Waals surface area contributed by atoms with Crippen LogP contribution < -0.4 is 10.6 Å². The molecule has 1 atom stereocenters. The highest BCUT2D eigenvalue weighted by molar-refractivity contribution is 7.90. The largest absolute Gasteiger partial charge is 0.380 e. The Labute approximate surface area is 119 Å². The Kier molecular flexibility index (Phi) is 3.54. The van der Waals surface area contributed by atoms with Gasteiger partial charge in [-0.2, -0.15) is 0 Å². The molecule has 0 saturated carbocycles. The Bertz CT molecular complexity index is 645. The molecule has 1 aliphatic heterocycles. The summed E-state index contributed by atoms with van der Waals surface area (Å²) in [5.74, 6) is -0.174. The number of nitrogens with one attached hydrogen (secondary N) is 2. The summed E-state index contributed by atoms with van der Waals surface area (Å²) >= 11 is 0. The lowest BCUT2D eigenvalue weighted by Gasteiger charge is -2.30. The quantitative estimate of drug-likeness (QED) is 0.833. The number of sulfone groups is 1. The van der Waals surface area contributed by atoms with Gasteiger partial charge < -0.3 is 10.6 Å². The first-order chi connectivity index (χ1) is 9.09. The summed E-state index contributed by atoms with van der Waals surface area (Å²) in [6, 6.07) is 4.92. The number of benzene rings is 1. The second-order valence-electron chi connectivity index (χ2n) is 6.27. The summed E-state index contributed by atoms with van der Waals surface area (Å²) in [6.07, 6.45) is 1.45. The molecule has 6 heteroatoms. The molecule has 0 saturated heterocycles. The Morgan fingerprint density at radius 2 is 1.90 bits per heavy atom. The van der Waals surface area contributed by atoms with Gasteiger partial charge in [-0.3, -0.25) is 4.79 Å². The average Bonchev–Trinajstić information content (AvgIpc) is 2.44. The number of carbonyl (C=O) groups excluding carboxylic acids is 1. The van der Waals surface area contributed by atoms with Gasteiger partial charge in [0.15, 0.2) is 9.84 Å². The van der Waals surface area contributed by atoms with Gasteiger partial charge in [-0.25, -0.2) is 8.42 Å². The standard InChI is InChI=1S/C14H20N2O3S/c1-14(2,3)11-8-12(17)16-13-9(15-11)6-5-7-10(13)20(4,18)19/h5-7,11,15H,8H2,1-4H3,(H,16,17). The minimum atomic E-state index is -3.39. The van der Waals surface area contributed by atoms with Crippen LogP contribution in [-0.4, -0.2) is 26.6 Å². The van der Waals surface area contributed by atoms with Crippen molar-refractivity contribution in [1.29, 1.82) is 0 Å². The Morgan fingerprint density at radius 3 is 2.45 bits per heavy atom. The summed E-state index contributed by atoms with van der Waals surface area (Å²) in [7, 11) is -3.39. The number of para-hydroxylation sites is 1. The summed E-state index contributed by atoms with van der Waals surface area (Å²) in [5.41, 5.74) is 0.894. The lowest BCUT2D eigenvalue weighted by Crippen LogP contribution is -2.35. The number of amides is 1. The lowest BCUT2D eigenvalue weighted by molar-refractivity contribution is -0.116. The normalized spacial score (nSPS) is 19.6. The molecule has 1 aromatic rings. The van der Waals surface area contributed by atoms with Crippen LogP contribution in [0.5, 0.6) is 0 Å². The van der Waals surface area contributed by atoms with E-state index >= 15 is 0 Å². The number of rotatable bonds is 1. The molecule has 2 rings (SSSR count). The van der Waals surface area contributed by atoms with Crippen molar-refractivity contribution in [2.24, 2.45) is 5.41 Å². The second-order valence-corrected chi connectivity index (χ2v) is 8.25. The summed E-state index contributed by atoms with van der Waals surface area (Å²) in [6.45, 7) is 6.13. The predicted molar refractivity (Wildman–Crippen MR) is 79.7 cm³/mol. The number of hydrogen-bond donors (Lipinski definition) is 2. The predicted octanol–water partition coefficient (Wildman–Crippen LogP) is 2.26. The molecule has 2 N–H and O–H groups in total. The number of hydrogen-bond acceptors (Lipinski definition) is 4. The van der Waals surface area contributed by atoms with E-state index < -0.39 is 9.84 Å². The van der Waals surface area contributed by atoms with E-state index in [2.05, 4.69) is 10.6 Å². The molecular formula is C14H20N2O3S. The van der Waals surface area contributed by atoms with E-state index in [1.807, 2.05) is 20.8 Å². The van der Waals surface area contributed by atoms with Crippen molar-refractivity contribution in [3.63, 3.8) is 0 Å². The highest BCUT2D eigenvalue weighted by atomic mass is 32.2. The molecule has 5 nitrogen and oxygen atoms in total. The molecule has 0 fully saturated rings. The molecule has 20 heavy (non-hydrogen) atoms. The fourth-order valence-corrected chi connectivity index (χ4v) is 3.08. The fraction of sp³-hybridized carbons (Fsp3) is 0.500. The third kappa shape index (κ3) is 2.95. The van der Waals surface area contributed by atoms with Gasteiger partial charge in [0.05, 0.1) is 16.3 Å². The lowest BCUT2D eigenvalue weighted by atomic mass is 9.84. The van der Waals surface area contributed by atoms with E-state index in [9.17, 15) is 13.2 Å². The second kappa shape index (κ2) is 4.77. The molecule has 1 heterocycles. The molecule has 0 spiro atoms. The van der Waals surface area contributed by atoms with Gasteiger partial charge in [0, 0.05) is 18.7 Å². The van der Waals surface area contributed by atoms with Crippen LogP contribution in [0.25, 0.3) is 0 Å². The van der Waals surface area contributed by atoms with Crippen molar-refractivity contribution in [2.75, 3.05) is 16.9 Å². The maximum Gasteiger partial charge on any atom is 0.226 e. The van der Waals surface area contributed by atoms with E-state index in [1.165, 1.54) is 6.07 Å². The summed E-state index contributed by atoms with van der Waals surface area (Å²) in [5, 5.41) is 6.01. The third-order valence-electron chi connectivity index (χ3n) is 3.45. The highest BCUT2D eigenvalue weighted by Gasteiger charge is 2.31. The van der Waals surface area contributed by atoms with E-state index in [0.29, 0.717) is 17.8 Å². The zero-order valence-corrected chi connectivity index (χ0v) is 13.0. The highest BCUT2D eigenvalue weighted by Crippen LogP contribution is 2.36. The number of carbonyl (C=O) groups is 1. The minimum absolute atomic E-state index is 0.0569. The zero-order chi connectivity index (χ0) is 15.1. The molecule has 0 aliphatic carbocycles. The van der Waals surface area contributed by atoms with E-state index in [-0.39, 0.29) is 22.3 Å². The van der Waals surface area contributed by atoms with Crippen molar-refractivity contribution in [1.82, 2.24) is 0 Å². The first kappa shape index (κ1) is 14.8. The van der Waals surface area contributed by atoms with Crippen LogP contribution in [0.15, 0.2) is 23.1 Å². The van der Waals surface area contributed by atoms with Crippen LogP contribution in [0.2, 0.25) is 0 Å². The van der Waals surface area contributed by atoms with E-state index in [0.717, 1.165) is 6.26 Å². The third-order valence-corrected chi connectivity index (χ3v) is 4.59. The van der Waals surface area contributed by atoms with Gasteiger partial charge in [0.2, 0.25) is 5.91 Å². The van der Waals surface area contributed by atoms with Crippen LogP contribution in [0, 0.1) is 5.41 Å². The number of anilines is 2. The smallest absolute Gasteiger partial charge is 0.226 e.